The Morgan fingerprint density at radius 1 is 1.36 bits per heavy atom. The second-order valence-electron chi connectivity index (χ2n) is 3.15. The van der Waals surface area contributed by atoms with Crippen molar-refractivity contribution in [3.05, 3.63) is 29.3 Å². The van der Waals surface area contributed by atoms with E-state index >= 15 is 0 Å². The Morgan fingerprint density at radius 2 is 1.86 bits per heavy atom. The Hall–Kier alpha value is -0.610. The molecule has 1 aromatic carbocycles. The summed E-state index contributed by atoms with van der Waals surface area (Å²) in [5.74, 6) is -1.12. The molecule has 0 aliphatic carbocycles. The molecule has 0 saturated carbocycles. The average molecular weight is 218 g/mol. The smallest absolute Gasteiger partial charge is 0.139 e. The lowest BCUT2D eigenvalue weighted by Crippen LogP contribution is -2.05. The zero-order valence-electron chi connectivity index (χ0n) is 8.05. The molecule has 78 valence electrons. The van der Waals surface area contributed by atoms with Crippen molar-refractivity contribution in [1.29, 1.82) is 0 Å². The fraction of sp³-hybridized carbons (Fsp3) is 0.400. The lowest BCUT2D eigenvalue weighted by Gasteiger charge is -2.07. The highest BCUT2D eigenvalue weighted by molar-refractivity contribution is 7.98. The molecule has 0 radical (unpaired) electrons. The molecule has 1 nitrogen and oxygen atoms in total. The maximum Gasteiger partial charge on any atom is 0.139 e. The molecule has 0 amide bonds. The van der Waals surface area contributed by atoms with Crippen LogP contribution in [0.2, 0.25) is 0 Å². The molecule has 1 N–H and O–H groups in total. The Labute approximate surface area is 86.1 Å². The molecule has 0 spiro atoms. The van der Waals surface area contributed by atoms with Gasteiger partial charge in [0.05, 0.1) is 11.0 Å². The van der Waals surface area contributed by atoms with E-state index in [-0.39, 0.29) is 11.3 Å². The van der Waals surface area contributed by atoms with Gasteiger partial charge in [-0.3, -0.25) is 0 Å². The van der Waals surface area contributed by atoms with Crippen LogP contribution in [0.3, 0.4) is 0 Å². The molecule has 0 aliphatic rings. The van der Waals surface area contributed by atoms with Crippen molar-refractivity contribution in [2.45, 2.75) is 24.3 Å². The van der Waals surface area contributed by atoms with Gasteiger partial charge in [-0.15, -0.1) is 11.8 Å². The fourth-order valence-electron chi connectivity index (χ4n) is 1.27. The van der Waals surface area contributed by atoms with Crippen LogP contribution in [-0.4, -0.2) is 17.5 Å². The number of benzene rings is 1. The number of hydrogen-bond acceptors (Lipinski definition) is 2. The largest absolute Gasteiger partial charge is 0.393 e. The first-order valence-electron chi connectivity index (χ1n) is 4.24. The fourth-order valence-corrected chi connectivity index (χ4v) is 1.77. The molecule has 4 heteroatoms. The summed E-state index contributed by atoms with van der Waals surface area (Å²) in [4.78, 5) is 0.0272. The molecule has 1 unspecified atom stereocenters. The lowest BCUT2D eigenvalue weighted by molar-refractivity contribution is 0.195. The van der Waals surface area contributed by atoms with Crippen molar-refractivity contribution in [2.75, 3.05) is 6.26 Å². The van der Waals surface area contributed by atoms with Crippen molar-refractivity contribution < 1.29 is 13.9 Å². The summed E-state index contributed by atoms with van der Waals surface area (Å²) in [6.45, 7) is 1.58. The van der Waals surface area contributed by atoms with E-state index in [2.05, 4.69) is 0 Å². The molecule has 1 atom stereocenters. The summed E-state index contributed by atoms with van der Waals surface area (Å²) in [6.07, 6.45) is 1.30. The molecule has 14 heavy (non-hydrogen) atoms. The van der Waals surface area contributed by atoms with Gasteiger partial charge in [0, 0.05) is 0 Å². The van der Waals surface area contributed by atoms with Crippen LogP contribution in [0.1, 0.15) is 12.5 Å². The molecule has 0 bridgehead atoms. The number of rotatable bonds is 3. The number of aliphatic hydroxyl groups excluding tert-OH is 1. The predicted molar refractivity (Wildman–Crippen MR) is 53.5 cm³/mol. The van der Waals surface area contributed by atoms with Gasteiger partial charge < -0.3 is 5.11 Å². The first-order valence-corrected chi connectivity index (χ1v) is 5.47. The van der Waals surface area contributed by atoms with E-state index in [1.54, 1.807) is 13.2 Å². The van der Waals surface area contributed by atoms with Crippen LogP contribution in [0.25, 0.3) is 0 Å². The van der Waals surface area contributed by atoms with Crippen LogP contribution in [0.4, 0.5) is 8.78 Å². The normalized spacial score (nSPS) is 12.9. The minimum atomic E-state index is -0.589. The molecule has 1 aromatic rings. The van der Waals surface area contributed by atoms with E-state index in [1.807, 2.05) is 0 Å². The molecular weight excluding hydrogens is 206 g/mol. The third-order valence-corrected chi connectivity index (χ3v) is 2.59. The number of halogens is 2. The Bertz CT molecular complexity index is 303. The Kier molecular flexibility index (Phi) is 3.89. The minimum Gasteiger partial charge on any atom is -0.393 e. The first-order chi connectivity index (χ1) is 6.54. The van der Waals surface area contributed by atoms with E-state index in [1.165, 1.54) is 12.1 Å². The lowest BCUT2D eigenvalue weighted by atomic mass is 10.1. The Balaban J connectivity index is 3.01. The van der Waals surface area contributed by atoms with Crippen molar-refractivity contribution in [3.8, 4) is 0 Å². The number of thioether (sulfide) groups is 1. The van der Waals surface area contributed by atoms with E-state index in [9.17, 15) is 8.78 Å². The van der Waals surface area contributed by atoms with Crippen LogP contribution >= 0.6 is 11.8 Å². The maximum absolute atomic E-state index is 13.2. The van der Waals surface area contributed by atoms with E-state index in [0.29, 0.717) is 5.56 Å². The third kappa shape index (κ3) is 2.69. The van der Waals surface area contributed by atoms with Gasteiger partial charge in [-0.2, -0.15) is 0 Å². The van der Waals surface area contributed by atoms with E-state index in [0.717, 1.165) is 11.8 Å². The summed E-state index contributed by atoms with van der Waals surface area (Å²) < 4.78 is 26.4. The molecular formula is C10H12F2OS. The number of hydrogen-bond donors (Lipinski definition) is 1. The van der Waals surface area contributed by atoms with Crippen molar-refractivity contribution in [2.24, 2.45) is 0 Å². The highest BCUT2D eigenvalue weighted by atomic mass is 32.2. The molecule has 0 heterocycles. The highest BCUT2D eigenvalue weighted by Gasteiger charge is 2.10. The summed E-state index contributed by atoms with van der Waals surface area (Å²) in [5.41, 5.74) is 0.479. The summed E-state index contributed by atoms with van der Waals surface area (Å²) in [6, 6.07) is 2.53. The van der Waals surface area contributed by atoms with E-state index in [4.69, 9.17) is 5.11 Å². The topological polar surface area (TPSA) is 20.2 Å². The standard InChI is InChI=1S/C10H12F2OS/c1-6(13)3-7-4-8(11)10(14-2)9(12)5-7/h4-6,13H,3H2,1-2H3. The SMILES string of the molecule is CSc1c(F)cc(CC(C)O)cc1F. The van der Waals surface area contributed by atoms with Crippen molar-refractivity contribution in [1.82, 2.24) is 0 Å². The van der Waals surface area contributed by atoms with Gasteiger partial charge in [-0.05, 0) is 37.3 Å². The van der Waals surface area contributed by atoms with E-state index < -0.39 is 17.7 Å². The number of aliphatic hydroxyl groups is 1. The minimum absolute atomic E-state index is 0.0272. The maximum atomic E-state index is 13.2. The summed E-state index contributed by atoms with van der Waals surface area (Å²) in [7, 11) is 0. The molecule has 0 saturated heterocycles. The van der Waals surface area contributed by atoms with Crippen LogP contribution in [0.15, 0.2) is 17.0 Å². The van der Waals surface area contributed by atoms with Gasteiger partial charge in [-0.25, -0.2) is 8.78 Å². The molecule has 0 fully saturated rings. The third-order valence-electron chi connectivity index (χ3n) is 1.79. The monoisotopic (exact) mass is 218 g/mol. The summed E-state index contributed by atoms with van der Waals surface area (Å²) >= 11 is 1.04. The van der Waals surface area contributed by atoms with Crippen LogP contribution in [0, 0.1) is 11.6 Å². The zero-order valence-corrected chi connectivity index (χ0v) is 8.87. The highest BCUT2D eigenvalue weighted by Crippen LogP contribution is 2.24. The molecule has 0 aliphatic heterocycles. The van der Waals surface area contributed by atoms with Crippen LogP contribution in [0.5, 0.6) is 0 Å². The first kappa shape index (κ1) is 11.5. The van der Waals surface area contributed by atoms with Gasteiger partial charge in [0.1, 0.15) is 11.6 Å². The van der Waals surface area contributed by atoms with Crippen LogP contribution in [-0.2, 0) is 6.42 Å². The average Bonchev–Trinajstić information content (AvgIpc) is 2.01. The second kappa shape index (κ2) is 4.75. The predicted octanol–water partition coefficient (Wildman–Crippen LogP) is 2.61. The van der Waals surface area contributed by atoms with Gasteiger partial charge in [0.25, 0.3) is 0 Å². The van der Waals surface area contributed by atoms with Crippen molar-refractivity contribution >= 4 is 11.8 Å². The molecule has 0 aromatic heterocycles. The van der Waals surface area contributed by atoms with Gasteiger partial charge in [0.2, 0.25) is 0 Å². The van der Waals surface area contributed by atoms with Crippen LogP contribution < -0.4 is 0 Å². The zero-order chi connectivity index (χ0) is 10.7. The Morgan fingerprint density at radius 3 is 2.21 bits per heavy atom. The second-order valence-corrected chi connectivity index (χ2v) is 3.96. The quantitative estimate of drug-likeness (QED) is 0.787. The van der Waals surface area contributed by atoms with Crippen molar-refractivity contribution in [3.63, 3.8) is 0 Å². The molecule has 1 rings (SSSR count). The van der Waals surface area contributed by atoms with Gasteiger partial charge >= 0.3 is 0 Å². The van der Waals surface area contributed by atoms with Gasteiger partial charge in [-0.1, -0.05) is 0 Å². The summed E-state index contributed by atoms with van der Waals surface area (Å²) in [5, 5.41) is 9.06. The van der Waals surface area contributed by atoms with Gasteiger partial charge in [0.15, 0.2) is 0 Å².